The number of ketones is 2. The van der Waals surface area contributed by atoms with E-state index in [4.69, 9.17) is 19.6 Å². The number of nitrogens with one attached hydrogen (secondary N) is 1. The summed E-state index contributed by atoms with van der Waals surface area (Å²) in [5, 5.41) is 13.6. The highest BCUT2D eigenvalue weighted by Crippen LogP contribution is 2.37. The predicted molar refractivity (Wildman–Crippen MR) is 188 cm³/mol. The number of carboxylic acid groups (broad SMARTS) is 1. The van der Waals surface area contributed by atoms with E-state index in [9.17, 15) is 28.5 Å². The maximum atomic E-state index is 13.9. The number of amides is 1. The normalized spacial score (nSPS) is 12.4. The number of carbonyl (C=O) groups is 5. The molecule has 0 saturated carbocycles. The van der Waals surface area contributed by atoms with Gasteiger partial charge in [0.05, 0.1) is 25.5 Å². The Kier molecular flexibility index (Phi) is 14.2. The van der Waals surface area contributed by atoms with Gasteiger partial charge in [0.15, 0.2) is 5.78 Å². The van der Waals surface area contributed by atoms with E-state index in [1.165, 1.54) is 24.3 Å². The van der Waals surface area contributed by atoms with Gasteiger partial charge in [-0.3, -0.25) is 33.8 Å². The summed E-state index contributed by atoms with van der Waals surface area (Å²) in [6.45, 7) is -0.126. The number of phosphoric acid groups is 1. The Morgan fingerprint density at radius 3 is 2.06 bits per heavy atom. The summed E-state index contributed by atoms with van der Waals surface area (Å²) in [7, 11) is -4.79. The lowest BCUT2D eigenvalue weighted by Crippen LogP contribution is -2.46. The molecule has 4 rings (SSSR count). The number of carboxylic acids is 1. The fourth-order valence-corrected chi connectivity index (χ4v) is 5.96. The Balaban J connectivity index is 1.49. The second-order valence-corrected chi connectivity index (χ2v) is 13.3. The van der Waals surface area contributed by atoms with Gasteiger partial charge in [-0.2, -0.15) is 0 Å². The van der Waals surface area contributed by atoms with Gasteiger partial charge in [-0.05, 0) is 58.9 Å². The fourth-order valence-electron chi connectivity index (χ4n) is 5.56. The minimum absolute atomic E-state index is 0.0161. The first-order chi connectivity index (χ1) is 24.3. The molecule has 0 aliphatic heterocycles. The molecule has 268 valence electrons. The largest absolute Gasteiger partial charge is 0.524 e. The summed E-state index contributed by atoms with van der Waals surface area (Å²) in [6, 6.07) is 27.5. The summed E-state index contributed by atoms with van der Waals surface area (Å²) in [4.78, 5) is 81.6. The van der Waals surface area contributed by atoms with Crippen LogP contribution in [-0.2, 0) is 52.5 Å². The quantitative estimate of drug-likeness (QED) is 0.0536. The SMILES string of the molecule is O=C(O)CCC(=O)OCCCC(=O)[C@H](Cc1ccc(OP(=O)(O)O)cc1)NC(=O)C(CC(=O)Cc1ccc2ccccc2c1)Cc1ccccc1. The Morgan fingerprint density at radius 2 is 1.37 bits per heavy atom. The van der Waals surface area contributed by atoms with E-state index in [1.54, 1.807) is 0 Å². The van der Waals surface area contributed by atoms with Crippen LogP contribution in [0, 0.1) is 5.92 Å². The minimum Gasteiger partial charge on any atom is -0.481 e. The van der Waals surface area contributed by atoms with Crippen LogP contribution in [0.2, 0.25) is 0 Å². The van der Waals surface area contributed by atoms with Crippen molar-refractivity contribution in [3.8, 4) is 5.75 Å². The molecule has 0 aliphatic carbocycles. The van der Waals surface area contributed by atoms with Gasteiger partial charge in [-0.25, -0.2) is 4.57 Å². The van der Waals surface area contributed by atoms with E-state index in [1.807, 2.05) is 72.8 Å². The van der Waals surface area contributed by atoms with Crippen LogP contribution in [0.25, 0.3) is 10.8 Å². The van der Waals surface area contributed by atoms with Crippen molar-refractivity contribution < 1.29 is 52.7 Å². The third-order valence-electron chi connectivity index (χ3n) is 8.05. The predicted octanol–water partition coefficient (Wildman–Crippen LogP) is 5.16. The van der Waals surface area contributed by atoms with Crippen molar-refractivity contribution in [2.24, 2.45) is 5.92 Å². The van der Waals surface area contributed by atoms with Crippen LogP contribution >= 0.6 is 7.82 Å². The van der Waals surface area contributed by atoms with Gasteiger partial charge in [0.2, 0.25) is 5.91 Å². The lowest BCUT2D eigenvalue weighted by Gasteiger charge is -2.23. The van der Waals surface area contributed by atoms with Crippen molar-refractivity contribution >= 4 is 48.0 Å². The highest BCUT2D eigenvalue weighted by atomic mass is 31.2. The number of fused-ring (bicyclic) bond motifs is 1. The first kappa shape index (κ1) is 38.6. The van der Waals surface area contributed by atoms with Gasteiger partial charge < -0.3 is 19.7 Å². The average molecular weight is 718 g/mol. The Morgan fingerprint density at radius 1 is 0.725 bits per heavy atom. The molecule has 4 aromatic carbocycles. The van der Waals surface area contributed by atoms with E-state index >= 15 is 0 Å². The van der Waals surface area contributed by atoms with Crippen LogP contribution in [0.1, 0.15) is 48.8 Å². The molecule has 1 unspecified atom stereocenters. The number of aliphatic carboxylic acids is 1. The van der Waals surface area contributed by atoms with E-state index in [0.717, 1.165) is 21.9 Å². The third kappa shape index (κ3) is 13.6. The van der Waals surface area contributed by atoms with Gasteiger partial charge in [0.25, 0.3) is 0 Å². The second kappa shape index (κ2) is 18.7. The molecule has 2 atom stereocenters. The van der Waals surface area contributed by atoms with Crippen molar-refractivity contribution in [1.29, 1.82) is 0 Å². The van der Waals surface area contributed by atoms with E-state index < -0.39 is 37.6 Å². The highest BCUT2D eigenvalue weighted by molar-refractivity contribution is 7.46. The summed E-state index contributed by atoms with van der Waals surface area (Å²) in [6.07, 6.45) is -0.322. The van der Waals surface area contributed by atoms with Crippen LogP contribution in [0.5, 0.6) is 5.75 Å². The summed E-state index contributed by atoms with van der Waals surface area (Å²) in [5.41, 5.74) is 2.21. The molecule has 0 spiro atoms. The zero-order chi connectivity index (χ0) is 36.8. The second-order valence-electron chi connectivity index (χ2n) is 12.2. The lowest BCUT2D eigenvalue weighted by molar-refractivity contribution is -0.148. The molecular formula is C38H40NO11P. The minimum atomic E-state index is -4.79. The molecule has 0 heterocycles. The van der Waals surface area contributed by atoms with Gasteiger partial charge in [0.1, 0.15) is 11.5 Å². The molecule has 0 fully saturated rings. The van der Waals surface area contributed by atoms with Crippen LogP contribution in [0.15, 0.2) is 97.1 Å². The topological polar surface area (TPSA) is 194 Å². The molecule has 1 amide bonds. The summed E-state index contributed by atoms with van der Waals surface area (Å²) >= 11 is 0. The molecular weight excluding hydrogens is 677 g/mol. The molecule has 4 N–H and O–H groups in total. The average Bonchev–Trinajstić information content (AvgIpc) is 3.09. The summed E-state index contributed by atoms with van der Waals surface area (Å²) < 4.78 is 20.9. The number of hydrogen-bond donors (Lipinski definition) is 4. The highest BCUT2D eigenvalue weighted by Gasteiger charge is 2.28. The number of phosphoric ester groups is 1. The van der Waals surface area contributed by atoms with Crippen LogP contribution in [0.3, 0.4) is 0 Å². The van der Waals surface area contributed by atoms with Crippen molar-refractivity contribution in [2.75, 3.05) is 6.61 Å². The first-order valence-corrected chi connectivity index (χ1v) is 18.0. The molecule has 0 radical (unpaired) electrons. The molecule has 0 aromatic heterocycles. The number of rotatable bonds is 20. The van der Waals surface area contributed by atoms with E-state index in [0.29, 0.717) is 5.56 Å². The van der Waals surface area contributed by atoms with Crippen molar-refractivity contribution in [1.82, 2.24) is 5.32 Å². The molecule has 13 heteroatoms. The molecule has 0 aliphatic rings. The zero-order valence-corrected chi connectivity index (χ0v) is 28.7. The monoisotopic (exact) mass is 717 g/mol. The third-order valence-corrected chi connectivity index (χ3v) is 8.50. The summed E-state index contributed by atoms with van der Waals surface area (Å²) in [5.74, 6) is -3.74. The van der Waals surface area contributed by atoms with Crippen molar-refractivity contribution in [3.63, 3.8) is 0 Å². The number of esters is 1. The number of ether oxygens (including phenoxy) is 1. The number of carbonyl (C=O) groups excluding carboxylic acids is 4. The molecule has 0 bridgehead atoms. The van der Waals surface area contributed by atoms with E-state index in [-0.39, 0.29) is 75.3 Å². The number of benzene rings is 4. The first-order valence-electron chi connectivity index (χ1n) is 16.4. The van der Waals surface area contributed by atoms with Gasteiger partial charge >= 0.3 is 19.8 Å². The zero-order valence-electron chi connectivity index (χ0n) is 27.8. The van der Waals surface area contributed by atoms with Crippen LogP contribution < -0.4 is 9.84 Å². The Labute approximate surface area is 295 Å². The molecule has 4 aromatic rings. The smallest absolute Gasteiger partial charge is 0.481 e. The number of Topliss-reactive ketones (excluding diaryl/α,β-unsaturated/α-hetero) is 2. The van der Waals surface area contributed by atoms with Gasteiger partial charge in [-0.1, -0.05) is 84.9 Å². The van der Waals surface area contributed by atoms with E-state index in [2.05, 4.69) is 9.84 Å². The number of hydrogen-bond acceptors (Lipinski definition) is 8. The van der Waals surface area contributed by atoms with Crippen molar-refractivity contribution in [2.45, 2.75) is 57.4 Å². The molecule has 12 nitrogen and oxygen atoms in total. The lowest BCUT2D eigenvalue weighted by atomic mass is 9.90. The van der Waals surface area contributed by atoms with Gasteiger partial charge in [-0.15, -0.1) is 0 Å². The molecule has 51 heavy (non-hydrogen) atoms. The maximum Gasteiger partial charge on any atom is 0.524 e. The Bertz CT molecular complexity index is 1870. The maximum absolute atomic E-state index is 13.9. The molecule has 0 saturated heterocycles. The van der Waals surface area contributed by atoms with Crippen LogP contribution in [-0.4, -0.2) is 57.0 Å². The Hall–Kier alpha value is -5.16. The van der Waals surface area contributed by atoms with Gasteiger partial charge in [0, 0.05) is 25.2 Å². The van der Waals surface area contributed by atoms with Crippen molar-refractivity contribution in [3.05, 3.63) is 114 Å². The van der Waals surface area contributed by atoms with Crippen LogP contribution in [0.4, 0.5) is 0 Å². The standard InChI is InChI=1S/C38H40NO11P/c40-32(23-28-12-15-29-9-4-5-10-30(29)22-28)25-31(21-26-7-2-1-3-8-26)38(45)39-34(24-27-13-16-33(17-14-27)50-51(46,47)48)35(41)11-6-20-49-37(44)19-18-36(42)43/h1-5,7-10,12-17,22,31,34H,6,11,18-21,23-25H2,(H,39,45)(H,42,43)(H2,46,47,48)/t31?,34-/m0/s1. The fraction of sp³-hybridized carbons (Fsp3) is 0.289.